The van der Waals surface area contributed by atoms with E-state index in [0.29, 0.717) is 28.8 Å². The van der Waals surface area contributed by atoms with E-state index in [2.05, 4.69) is 26.3 Å². The summed E-state index contributed by atoms with van der Waals surface area (Å²) in [5.41, 5.74) is 9.45. The third kappa shape index (κ3) is 5.92. The first-order chi connectivity index (χ1) is 15.1. The van der Waals surface area contributed by atoms with Gasteiger partial charge in [-0.1, -0.05) is 23.7 Å². The molecule has 4 aromatic rings. The minimum atomic E-state index is -0.124. The summed E-state index contributed by atoms with van der Waals surface area (Å²) in [6.45, 7) is 2.86. The Balaban J connectivity index is 0.00000136. The summed E-state index contributed by atoms with van der Waals surface area (Å²) in [4.78, 5) is 24.9. The molecule has 0 unspecified atom stereocenters. The summed E-state index contributed by atoms with van der Waals surface area (Å²) in [6, 6.07) is 11.6. The van der Waals surface area contributed by atoms with Crippen molar-refractivity contribution >= 4 is 82.7 Å². The van der Waals surface area contributed by atoms with Crippen LogP contribution in [0.2, 0.25) is 5.02 Å². The predicted molar refractivity (Wildman–Crippen MR) is 146 cm³/mol. The molecule has 34 heavy (non-hydrogen) atoms. The van der Waals surface area contributed by atoms with Crippen molar-refractivity contribution in [2.45, 2.75) is 26.2 Å². The lowest BCUT2D eigenvalue weighted by Crippen LogP contribution is -2.21. The summed E-state index contributed by atoms with van der Waals surface area (Å²) >= 11 is 7.90. The number of nitrogens with one attached hydrogen (secondary N) is 1. The third-order valence-electron chi connectivity index (χ3n) is 5.45. The van der Waals surface area contributed by atoms with Crippen molar-refractivity contribution in [3.8, 4) is 0 Å². The van der Waals surface area contributed by atoms with Gasteiger partial charge in [0.2, 0.25) is 0 Å². The lowest BCUT2D eigenvalue weighted by molar-refractivity contribution is 0.0955. The van der Waals surface area contributed by atoms with Crippen LogP contribution < -0.4 is 11.1 Å². The second kappa shape index (κ2) is 12.0. The van der Waals surface area contributed by atoms with Crippen LogP contribution in [0.5, 0.6) is 0 Å². The van der Waals surface area contributed by atoms with E-state index < -0.39 is 0 Å². The lowest BCUT2D eigenvalue weighted by atomic mass is 10.1. The van der Waals surface area contributed by atoms with Gasteiger partial charge in [-0.05, 0) is 46.3 Å². The highest BCUT2D eigenvalue weighted by atomic mass is 35.5. The number of anilines is 1. The Labute approximate surface area is 225 Å². The van der Waals surface area contributed by atoms with Crippen LogP contribution in [-0.4, -0.2) is 20.8 Å². The molecule has 4 heterocycles. The first kappa shape index (κ1) is 28.1. The zero-order chi connectivity index (χ0) is 21.4. The Morgan fingerprint density at radius 2 is 1.88 bits per heavy atom. The third-order valence-corrected chi connectivity index (χ3v) is 7.02. The van der Waals surface area contributed by atoms with Crippen LogP contribution in [0.15, 0.2) is 55.0 Å². The van der Waals surface area contributed by atoms with Crippen LogP contribution in [0, 0.1) is 0 Å². The van der Waals surface area contributed by atoms with E-state index in [0.717, 1.165) is 34.3 Å². The number of hydrogen-bond donors (Lipinski definition) is 2. The number of benzene rings is 1. The smallest absolute Gasteiger partial charge is 0.261 e. The number of carbonyl (C=O) groups is 1. The predicted octanol–water partition coefficient (Wildman–Crippen LogP) is 5.64. The monoisotopic (exact) mass is 557 g/mol. The minimum absolute atomic E-state index is 0. The maximum Gasteiger partial charge on any atom is 0.261 e. The maximum absolute atomic E-state index is 12.7. The minimum Gasteiger partial charge on any atom is -0.383 e. The van der Waals surface area contributed by atoms with Crippen LogP contribution in [0.25, 0.3) is 10.8 Å². The molecular formula is C23H23Cl4N5OS. The SMILES string of the molecule is Cl.Cl.Cl.Nc1nccc2cc(CNC(=O)c3cc(Cl)c(CN4Cc5ccncc5C4)s3)ccc12. The number of nitrogen functional groups attached to an aromatic ring is 1. The fraction of sp³-hybridized carbons (Fsp3) is 0.174. The summed E-state index contributed by atoms with van der Waals surface area (Å²) in [5, 5.41) is 5.54. The van der Waals surface area contributed by atoms with Gasteiger partial charge in [0.05, 0.1) is 9.90 Å². The molecule has 0 fully saturated rings. The number of nitrogens with two attached hydrogens (primary N) is 1. The van der Waals surface area contributed by atoms with Crippen molar-refractivity contribution in [2.75, 3.05) is 5.73 Å². The Kier molecular flexibility index (Phi) is 9.94. The van der Waals surface area contributed by atoms with Gasteiger partial charge in [0.1, 0.15) is 5.82 Å². The van der Waals surface area contributed by atoms with Crippen molar-refractivity contribution in [2.24, 2.45) is 0 Å². The fourth-order valence-corrected chi connectivity index (χ4v) is 5.22. The first-order valence-electron chi connectivity index (χ1n) is 9.90. The van der Waals surface area contributed by atoms with Gasteiger partial charge in [0, 0.05) is 55.0 Å². The standard InChI is InChI=1S/C23H20ClN5OS.3ClH/c24-19-8-20(31-21(19)13-29-11-16-3-5-26-10-17(16)12-29)23(30)28-9-14-1-2-18-15(7-14)4-6-27-22(18)25;;;/h1-8,10H,9,11-13H2,(H2,25,27)(H,28,30);3*1H. The van der Waals surface area contributed by atoms with Crippen LogP contribution in [0.1, 0.15) is 31.2 Å². The molecule has 0 bridgehead atoms. The number of nitrogens with zero attached hydrogens (tertiary/aromatic N) is 3. The number of rotatable bonds is 5. The summed E-state index contributed by atoms with van der Waals surface area (Å²) in [7, 11) is 0. The molecule has 3 aromatic heterocycles. The van der Waals surface area contributed by atoms with Gasteiger partial charge in [-0.15, -0.1) is 48.6 Å². The zero-order valence-corrected chi connectivity index (χ0v) is 21.9. The maximum atomic E-state index is 12.7. The van der Waals surface area contributed by atoms with Gasteiger partial charge in [-0.2, -0.15) is 0 Å². The number of fused-ring (bicyclic) bond motifs is 2. The molecule has 3 N–H and O–H groups in total. The van der Waals surface area contributed by atoms with Crippen molar-refractivity contribution in [3.05, 3.63) is 86.5 Å². The van der Waals surface area contributed by atoms with Gasteiger partial charge >= 0.3 is 0 Å². The second-order valence-electron chi connectivity index (χ2n) is 7.61. The highest BCUT2D eigenvalue weighted by Gasteiger charge is 2.21. The van der Waals surface area contributed by atoms with Gasteiger partial charge in [-0.25, -0.2) is 4.98 Å². The van der Waals surface area contributed by atoms with E-state index in [4.69, 9.17) is 17.3 Å². The highest BCUT2D eigenvalue weighted by molar-refractivity contribution is 7.14. The van der Waals surface area contributed by atoms with E-state index in [1.807, 2.05) is 36.7 Å². The molecule has 5 rings (SSSR count). The normalized spacial score (nSPS) is 12.3. The quantitative estimate of drug-likeness (QED) is 0.331. The molecule has 0 saturated carbocycles. The molecule has 1 amide bonds. The summed E-state index contributed by atoms with van der Waals surface area (Å²) < 4.78 is 0. The van der Waals surface area contributed by atoms with Crippen molar-refractivity contribution in [3.63, 3.8) is 0 Å². The van der Waals surface area contributed by atoms with Gasteiger partial charge in [0.25, 0.3) is 5.91 Å². The average molecular weight is 559 g/mol. The van der Waals surface area contributed by atoms with E-state index >= 15 is 0 Å². The van der Waals surface area contributed by atoms with E-state index in [9.17, 15) is 4.79 Å². The van der Waals surface area contributed by atoms with E-state index in [1.165, 1.54) is 22.5 Å². The topological polar surface area (TPSA) is 84.1 Å². The average Bonchev–Trinajstić information content (AvgIpc) is 3.35. The van der Waals surface area contributed by atoms with E-state index in [1.54, 1.807) is 12.3 Å². The number of amides is 1. The van der Waals surface area contributed by atoms with Gasteiger partial charge in [0.15, 0.2) is 0 Å². The van der Waals surface area contributed by atoms with Crippen molar-refractivity contribution in [1.29, 1.82) is 0 Å². The number of thiophene rings is 1. The van der Waals surface area contributed by atoms with Gasteiger partial charge < -0.3 is 11.1 Å². The molecule has 1 aliphatic heterocycles. The Morgan fingerprint density at radius 3 is 2.68 bits per heavy atom. The lowest BCUT2D eigenvalue weighted by Gasteiger charge is -2.13. The Bertz CT molecular complexity index is 1270. The summed E-state index contributed by atoms with van der Waals surface area (Å²) in [5.74, 6) is 0.382. The largest absolute Gasteiger partial charge is 0.383 e. The van der Waals surface area contributed by atoms with Crippen LogP contribution >= 0.6 is 60.2 Å². The van der Waals surface area contributed by atoms with Crippen molar-refractivity contribution in [1.82, 2.24) is 20.2 Å². The van der Waals surface area contributed by atoms with Crippen LogP contribution in [0.3, 0.4) is 0 Å². The van der Waals surface area contributed by atoms with E-state index in [-0.39, 0.29) is 43.1 Å². The molecule has 0 spiro atoms. The molecule has 11 heteroatoms. The molecule has 180 valence electrons. The number of aromatic nitrogens is 2. The summed E-state index contributed by atoms with van der Waals surface area (Å²) in [6.07, 6.45) is 5.43. The Hall–Kier alpha value is -2.13. The number of pyridine rings is 2. The molecular weight excluding hydrogens is 536 g/mol. The fourth-order valence-electron chi connectivity index (χ4n) is 3.86. The molecule has 1 aliphatic rings. The Morgan fingerprint density at radius 1 is 1.09 bits per heavy atom. The number of hydrogen-bond acceptors (Lipinski definition) is 6. The molecule has 1 aromatic carbocycles. The molecule has 0 saturated heterocycles. The molecule has 6 nitrogen and oxygen atoms in total. The van der Waals surface area contributed by atoms with Gasteiger partial charge in [-0.3, -0.25) is 14.7 Å². The van der Waals surface area contributed by atoms with Crippen molar-refractivity contribution < 1.29 is 4.79 Å². The molecule has 0 aliphatic carbocycles. The molecule has 0 radical (unpaired) electrons. The highest BCUT2D eigenvalue weighted by Crippen LogP contribution is 2.31. The number of carbonyl (C=O) groups excluding carboxylic acids is 1. The van der Waals surface area contributed by atoms with Crippen LogP contribution in [0.4, 0.5) is 5.82 Å². The first-order valence-corrected chi connectivity index (χ1v) is 11.1. The second-order valence-corrected chi connectivity index (χ2v) is 9.15. The molecule has 0 atom stereocenters. The van der Waals surface area contributed by atoms with Crippen LogP contribution in [-0.2, 0) is 26.2 Å². The number of halogens is 4. The zero-order valence-electron chi connectivity index (χ0n) is 17.9.